The molecule has 3 nitrogen and oxygen atoms in total. The average Bonchev–Trinajstić information content (AvgIpc) is 2.81. The van der Waals surface area contributed by atoms with E-state index in [1.54, 1.807) is 6.20 Å². The van der Waals surface area contributed by atoms with Gasteiger partial charge in [-0.1, -0.05) is 18.2 Å². The molecule has 0 aliphatic carbocycles. The molecule has 3 heteroatoms. The van der Waals surface area contributed by atoms with E-state index in [0.29, 0.717) is 5.56 Å². The third-order valence-electron chi connectivity index (χ3n) is 3.76. The van der Waals surface area contributed by atoms with Crippen LogP contribution in [0.25, 0.3) is 11.0 Å². The number of rotatable bonds is 3. The van der Waals surface area contributed by atoms with Gasteiger partial charge in [0.05, 0.1) is 0 Å². The molecule has 20 heavy (non-hydrogen) atoms. The Kier molecular flexibility index (Phi) is 3.11. The smallest absolute Gasteiger partial charge is 0.152 e. The monoisotopic (exact) mass is 264 g/mol. The Morgan fingerprint density at radius 3 is 2.60 bits per heavy atom. The molecule has 1 aromatic carbocycles. The van der Waals surface area contributed by atoms with Crippen LogP contribution < -0.4 is 0 Å². The molecular formula is C17H16N2O. The summed E-state index contributed by atoms with van der Waals surface area (Å²) < 4.78 is 2.05. The number of aldehydes is 1. The first kappa shape index (κ1) is 12.6. The Hall–Kier alpha value is -2.42. The van der Waals surface area contributed by atoms with Gasteiger partial charge in [-0.15, -0.1) is 0 Å². The molecule has 2 heterocycles. The highest BCUT2D eigenvalue weighted by Gasteiger charge is 2.10. The lowest BCUT2D eigenvalue weighted by atomic mass is 10.0. The van der Waals surface area contributed by atoms with Crippen LogP contribution in [-0.4, -0.2) is 15.8 Å². The van der Waals surface area contributed by atoms with E-state index >= 15 is 0 Å². The summed E-state index contributed by atoms with van der Waals surface area (Å²) in [5.74, 6) is 0. The summed E-state index contributed by atoms with van der Waals surface area (Å²) in [6, 6.07) is 10.1. The zero-order chi connectivity index (χ0) is 14.1. The number of benzene rings is 1. The van der Waals surface area contributed by atoms with Crippen molar-refractivity contribution >= 4 is 17.3 Å². The predicted octanol–water partition coefficient (Wildman–Crippen LogP) is 3.51. The van der Waals surface area contributed by atoms with Gasteiger partial charge in [0.25, 0.3) is 0 Å². The number of aryl methyl sites for hydroxylation is 2. The van der Waals surface area contributed by atoms with Gasteiger partial charge < -0.3 is 4.57 Å². The first-order valence-corrected chi connectivity index (χ1v) is 6.65. The third kappa shape index (κ3) is 2.01. The van der Waals surface area contributed by atoms with Gasteiger partial charge in [-0.25, -0.2) is 4.98 Å². The summed E-state index contributed by atoms with van der Waals surface area (Å²) in [5.41, 5.74) is 5.36. The van der Waals surface area contributed by atoms with E-state index in [2.05, 4.69) is 41.6 Å². The van der Waals surface area contributed by atoms with Gasteiger partial charge >= 0.3 is 0 Å². The van der Waals surface area contributed by atoms with E-state index in [-0.39, 0.29) is 0 Å². The van der Waals surface area contributed by atoms with Crippen LogP contribution in [0, 0.1) is 13.8 Å². The van der Waals surface area contributed by atoms with Crippen molar-refractivity contribution in [3.63, 3.8) is 0 Å². The van der Waals surface area contributed by atoms with Crippen molar-refractivity contribution in [2.75, 3.05) is 0 Å². The summed E-state index contributed by atoms with van der Waals surface area (Å²) in [7, 11) is 0. The molecule has 0 aliphatic rings. The molecule has 0 unspecified atom stereocenters. The summed E-state index contributed by atoms with van der Waals surface area (Å²) in [4.78, 5) is 15.6. The summed E-state index contributed by atoms with van der Waals surface area (Å²) in [6.07, 6.45) is 4.54. The number of hydrogen-bond acceptors (Lipinski definition) is 2. The van der Waals surface area contributed by atoms with Gasteiger partial charge in [0.15, 0.2) is 6.29 Å². The van der Waals surface area contributed by atoms with E-state index < -0.39 is 0 Å². The van der Waals surface area contributed by atoms with Crippen LogP contribution in [0.4, 0.5) is 0 Å². The van der Waals surface area contributed by atoms with E-state index in [1.807, 2.05) is 18.3 Å². The lowest BCUT2D eigenvalue weighted by Gasteiger charge is -2.11. The second kappa shape index (κ2) is 4.93. The first-order chi connectivity index (χ1) is 9.70. The average molecular weight is 264 g/mol. The second-order valence-corrected chi connectivity index (χ2v) is 5.08. The SMILES string of the molecule is Cc1cccc(C)c1Cn1cc(C=O)c2cccnc21. The lowest BCUT2D eigenvalue weighted by Crippen LogP contribution is -2.03. The van der Waals surface area contributed by atoms with Crippen LogP contribution in [0.1, 0.15) is 27.0 Å². The van der Waals surface area contributed by atoms with Gasteiger partial charge in [0.1, 0.15) is 5.65 Å². The van der Waals surface area contributed by atoms with Crippen LogP contribution in [0.2, 0.25) is 0 Å². The zero-order valence-corrected chi connectivity index (χ0v) is 11.6. The maximum absolute atomic E-state index is 11.2. The van der Waals surface area contributed by atoms with Crippen molar-refractivity contribution in [2.45, 2.75) is 20.4 Å². The number of fused-ring (bicyclic) bond motifs is 1. The highest BCUT2D eigenvalue weighted by Crippen LogP contribution is 2.21. The van der Waals surface area contributed by atoms with Crippen LogP contribution in [0.5, 0.6) is 0 Å². The van der Waals surface area contributed by atoms with Crippen molar-refractivity contribution in [2.24, 2.45) is 0 Å². The molecule has 3 rings (SSSR count). The molecule has 0 spiro atoms. The molecule has 2 aromatic heterocycles. The zero-order valence-electron chi connectivity index (χ0n) is 11.6. The second-order valence-electron chi connectivity index (χ2n) is 5.08. The Balaban J connectivity index is 2.14. The number of hydrogen-bond donors (Lipinski definition) is 0. The number of carbonyl (C=O) groups excluding carboxylic acids is 1. The molecular weight excluding hydrogens is 248 g/mol. The van der Waals surface area contributed by atoms with Crippen LogP contribution in [0.15, 0.2) is 42.7 Å². The third-order valence-corrected chi connectivity index (χ3v) is 3.76. The van der Waals surface area contributed by atoms with Gasteiger partial charge in [-0.3, -0.25) is 4.79 Å². The van der Waals surface area contributed by atoms with Gasteiger partial charge in [0, 0.05) is 29.9 Å². The van der Waals surface area contributed by atoms with E-state index in [1.165, 1.54) is 16.7 Å². The molecule has 0 radical (unpaired) electrons. The Labute approximate surface area is 117 Å². The molecule has 0 atom stereocenters. The number of nitrogens with zero attached hydrogens (tertiary/aromatic N) is 2. The summed E-state index contributed by atoms with van der Waals surface area (Å²) >= 11 is 0. The molecule has 3 aromatic rings. The lowest BCUT2D eigenvalue weighted by molar-refractivity contribution is 0.112. The molecule has 0 fully saturated rings. The highest BCUT2D eigenvalue weighted by molar-refractivity contribution is 5.95. The minimum atomic E-state index is 0.694. The molecule has 0 amide bonds. The molecule has 0 aliphatic heterocycles. The molecule has 100 valence electrons. The van der Waals surface area contributed by atoms with Gasteiger partial charge in [-0.2, -0.15) is 0 Å². The molecule has 0 saturated carbocycles. The normalized spacial score (nSPS) is 10.9. The van der Waals surface area contributed by atoms with Crippen LogP contribution >= 0.6 is 0 Å². The van der Waals surface area contributed by atoms with Crippen molar-refractivity contribution in [3.05, 3.63) is 65.0 Å². The maximum Gasteiger partial charge on any atom is 0.152 e. The number of pyridine rings is 1. The van der Waals surface area contributed by atoms with E-state index in [4.69, 9.17) is 0 Å². The van der Waals surface area contributed by atoms with Crippen LogP contribution in [0.3, 0.4) is 0 Å². The highest BCUT2D eigenvalue weighted by atomic mass is 16.1. The van der Waals surface area contributed by atoms with Crippen molar-refractivity contribution in [1.82, 2.24) is 9.55 Å². The Morgan fingerprint density at radius 1 is 1.15 bits per heavy atom. The quantitative estimate of drug-likeness (QED) is 0.678. The molecule has 0 saturated heterocycles. The fraction of sp³-hybridized carbons (Fsp3) is 0.176. The van der Waals surface area contributed by atoms with E-state index in [0.717, 1.165) is 23.9 Å². The Bertz CT molecular complexity index is 767. The largest absolute Gasteiger partial charge is 0.327 e. The van der Waals surface area contributed by atoms with Crippen molar-refractivity contribution in [1.29, 1.82) is 0 Å². The molecule has 0 N–H and O–H groups in total. The van der Waals surface area contributed by atoms with E-state index in [9.17, 15) is 4.79 Å². The first-order valence-electron chi connectivity index (χ1n) is 6.65. The summed E-state index contributed by atoms with van der Waals surface area (Å²) in [5, 5.41) is 0.911. The number of aromatic nitrogens is 2. The standard InChI is InChI=1S/C17H16N2O/c1-12-5-3-6-13(2)16(12)10-19-9-14(11-20)15-7-4-8-18-17(15)19/h3-9,11H,10H2,1-2H3. The van der Waals surface area contributed by atoms with Gasteiger partial charge in [0.2, 0.25) is 0 Å². The number of carbonyl (C=O) groups is 1. The minimum absolute atomic E-state index is 0.694. The van der Waals surface area contributed by atoms with Crippen LogP contribution in [-0.2, 0) is 6.54 Å². The fourth-order valence-corrected chi connectivity index (χ4v) is 2.63. The van der Waals surface area contributed by atoms with Crippen molar-refractivity contribution < 1.29 is 4.79 Å². The molecule has 0 bridgehead atoms. The predicted molar refractivity (Wildman–Crippen MR) is 80.1 cm³/mol. The maximum atomic E-state index is 11.2. The topological polar surface area (TPSA) is 34.9 Å². The fourth-order valence-electron chi connectivity index (χ4n) is 2.63. The van der Waals surface area contributed by atoms with Crippen molar-refractivity contribution in [3.8, 4) is 0 Å². The minimum Gasteiger partial charge on any atom is -0.327 e. The van der Waals surface area contributed by atoms with Gasteiger partial charge in [-0.05, 0) is 42.7 Å². The Morgan fingerprint density at radius 2 is 1.90 bits per heavy atom. The summed E-state index contributed by atoms with van der Waals surface area (Å²) in [6.45, 7) is 4.96.